The van der Waals surface area contributed by atoms with E-state index < -0.39 is 0 Å². The lowest BCUT2D eigenvalue weighted by Crippen LogP contribution is -2.29. The zero-order valence-corrected chi connectivity index (χ0v) is 11.7. The Morgan fingerprint density at radius 2 is 1.44 bits per heavy atom. The molecule has 0 aromatic heterocycles. The van der Waals surface area contributed by atoms with Gasteiger partial charge in [-0.1, -0.05) is 52.4 Å². The summed E-state index contributed by atoms with van der Waals surface area (Å²) in [4.78, 5) is 2.34. The smallest absolute Gasteiger partial charge is 0.0104 e. The predicted molar refractivity (Wildman–Crippen MR) is 74.0 cm³/mol. The topological polar surface area (TPSA) is 15.3 Å². The van der Waals surface area contributed by atoms with Gasteiger partial charge in [-0.3, -0.25) is 0 Å². The summed E-state index contributed by atoms with van der Waals surface area (Å²) in [6, 6.07) is 0. The van der Waals surface area contributed by atoms with Gasteiger partial charge in [0, 0.05) is 13.1 Å². The molecule has 0 aromatic carbocycles. The van der Waals surface area contributed by atoms with Crippen molar-refractivity contribution in [2.75, 3.05) is 33.2 Å². The number of likely N-dealkylation sites (N-methyl/N-ethyl adjacent to an activating group) is 1. The summed E-state index contributed by atoms with van der Waals surface area (Å²) in [6.07, 6.45) is 9.82. The average molecular weight is 228 g/mol. The zero-order chi connectivity index (χ0) is 12.1. The van der Waals surface area contributed by atoms with Crippen LogP contribution in [0, 0.1) is 0 Å². The van der Waals surface area contributed by atoms with Crippen molar-refractivity contribution in [3.8, 4) is 0 Å². The maximum Gasteiger partial charge on any atom is 0.0104 e. The van der Waals surface area contributed by atoms with E-state index in [2.05, 4.69) is 31.1 Å². The first-order valence-corrected chi connectivity index (χ1v) is 7.20. The van der Waals surface area contributed by atoms with Crippen molar-refractivity contribution in [3.63, 3.8) is 0 Å². The van der Waals surface area contributed by atoms with Crippen LogP contribution in [0.3, 0.4) is 0 Å². The highest BCUT2D eigenvalue weighted by Gasteiger charge is 1.93. The molecule has 0 radical (unpaired) electrons. The molecule has 0 atom stereocenters. The Balaban J connectivity index is 2.93. The molecule has 1 N–H and O–H groups in total. The Morgan fingerprint density at radius 3 is 2.06 bits per heavy atom. The fourth-order valence-corrected chi connectivity index (χ4v) is 1.76. The fraction of sp³-hybridized carbons (Fsp3) is 1.00. The van der Waals surface area contributed by atoms with Gasteiger partial charge in [0.2, 0.25) is 0 Å². The molecule has 0 heterocycles. The lowest BCUT2D eigenvalue weighted by molar-refractivity contribution is 0.348. The summed E-state index contributed by atoms with van der Waals surface area (Å²) in [6.45, 7) is 9.14. The molecule has 0 aliphatic heterocycles. The molecule has 98 valence electrons. The van der Waals surface area contributed by atoms with Gasteiger partial charge in [-0.15, -0.1) is 0 Å². The van der Waals surface area contributed by atoms with Crippen LogP contribution in [-0.4, -0.2) is 38.1 Å². The van der Waals surface area contributed by atoms with Crippen LogP contribution in [0.15, 0.2) is 0 Å². The molecule has 2 nitrogen and oxygen atoms in total. The van der Waals surface area contributed by atoms with Gasteiger partial charge in [0.1, 0.15) is 0 Å². The van der Waals surface area contributed by atoms with Crippen LogP contribution in [0.5, 0.6) is 0 Å². The van der Waals surface area contributed by atoms with Gasteiger partial charge in [-0.05, 0) is 26.6 Å². The van der Waals surface area contributed by atoms with E-state index in [1.54, 1.807) is 0 Å². The molecule has 0 amide bonds. The Morgan fingerprint density at radius 1 is 0.812 bits per heavy atom. The minimum Gasteiger partial charge on any atom is -0.315 e. The highest BCUT2D eigenvalue weighted by atomic mass is 15.1. The first-order valence-electron chi connectivity index (χ1n) is 7.20. The second-order valence-electron chi connectivity index (χ2n) is 4.77. The van der Waals surface area contributed by atoms with Crippen molar-refractivity contribution < 1.29 is 0 Å². The maximum absolute atomic E-state index is 3.51. The highest BCUT2D eigenvalue weighted by molar-refractivity contribution is 4.53. The summed E-state index contributed by atoms with van der Waals surface area (Å²) in [5, 5.41) is 3.51. The third kappa shape index (κ3) is 12.0. The molecule has 2 heteroatoms. The molecule has 0 spiro atoms. The molecule has 0 rings (SSSR count). The van der Waals surface area contributed by atoms with E-state index in [-0.39, 0.29) is 0 Å². The van der Waals surface area contributed by atoms with E-state index in [0.29, 0.717) is 0 Å². The van der Waals surface area contributed by atoms with E-state index in [9.17, 15) is 0 Å². The lowest BCUT2D eigenvalue weighted by atomic mass is 10.1. The molecule has 0 saturated heterocycles. The van der Waals surface area contributed by atoms with Gasteiger partial charge in [0.15, 0.2) is 0 Å². The fourth-order valence-electron chi connectivity index (χ4n) is 1.76. The lowest BCUT2D eigenvalue weighted by Gasteiger charge is -2.13. The van der Waals surface area contributed by atoms with Crippen LogP contribution in [-0.2, 0) is 0 Å². The number of unbranched alkanes of at least 4 members (excludes halogenated alkanes) is 6. The summed E-state index contributed by atoms with van der Waals surface area (Å²) >= 11 is 0. The van der Waals surface area contributed by atoms with E-state index in [0.717, 1.165) is 13.1 Å². The summed E-state index contributed by atoms with van der Waals surface area (Å²) < 4.78 is 0. The average Bonchev–Trinajstić information content (AvgIpc) is 2.31. The standard InChI is InChI=1S/C14H32N2/c1-4-6-7-8-9-10-11-12-15-13-14-16(3)5-2/h15H,4-14H2,1-3H3. The third-order valence-corrected chi connectivity index (χ3v) is 3.17. The summed E-state index contributed by atoms with van der Waals surface area (Å²) in [5.41, 5.74) is 0. The first kappa shape index (κ1) is 15.9. The maximum atomic E-state index is 3.51. The second kappa shape index (κ2) is 13.0. The van der Waals surface area contributed by atoms with Crippen molar-refractivity contribution in [2.24, 2.45) is 0 Å². The van der Waals surface area contributed by atoms with Gasteiger partial charge in [-0.25, -0.2) is 0 Å². The van der Waals surface area contributed by atoms with Crippen LogP contribution in [0.2, 0.25) is 0 Å². The van der Waals surface area contributed by atoms with Crippen LogP contribution in [0.25, 0.3) is 0 Å². The Kier molecular flexibility index (Phi) is 12.9. The van der Waals surface area contributed by atoms with Crippen molar-refractivity contribution in [2.45, 2.75) is 58.8 Å². The molecule has 0 unspecified atom stereocenters. The van der Waals surface area contributed by atoms with Crippen molar-refractivity contribution in [1.29, 1.82) is 0 Å². The highest BCUT2D eigenvalue weighted by Crippen LogP contribution is 2.06. The van der Waals surface area contributed by atoms with Gasteiger partial charge in [0.25, 0.3) is 0 Å². The predicted octanol–water partition coefficient (Wildman–Crippen LogP) is 3.28. The molecular weight excluding hydrogens is 196 g/mol. The summed E-state index contributed by atoms with van der Waals surface area (Å²) in [5.74, 6) is 0. The van der Waals surface area contributed by atoms with Gasteiger partial charge < -0.3 is 10.2 Å². The zero-order valence-electron chi connectivity index (χ0n) is 11.7. The van der Waals surface area contributed by atoms with Crippen molar-refractivity contribution in [1.82, 2.24) is 10.2 Å². The quantitative estimate of drug-likeness (QED) is 0.516. The number of nitrogens with zero attached hydrogens (tertiary/aromatic N) is 1. The van der Waals surface area contributed by atoms with Gasteiger partial charge in [0.05, 0.1) is 0 Å². The normalized spacial score (nSPS) is 11.2. The molecule has 16 heavy (non-hydrogen) atoms. The van der Waals surface area contributed by atoms with E-state index >= 15 is 0 Å². The number of hydrogen-bond acceptors (Lipinski definition) is 2. The van der Waals surface area contributed by atoms with Crippen molar-refractivity contribution >= 4 is 0 Å². The van der Waals surface area contributed by atoms with Crippen LogP contribution < -0.4 is 5.32 Å². The first-order chi connectivity index (χ1) is 7.81. The molecular formula is C14H32N2. The van der Waals surface area contributed by atoms with Crippen LogP contribution in [0.1, 0.15) is 58.8 Å². The molecule has 0 aliphatic carbocycles. The Labute approximate surface area is 103 Å². The summed E-state index contributed by atoms with van der Waals surface area (Å²) in [7, 11) is 2.18. The molecule has 0 aromatic rings. The minimum atomic E-state index is 1.14. The Hall–Kier alpha value is -0.0800. The second-order valence-corrected chi connectivity index (χ2v) is 4.77. The number of nitrogens with one attached hydrogen (secondary N) is 1. The van der Waals surface area contributed by atoms with Crippen LogP contribution in [0.4, 0.5) is 0 Å². The van der Waals surface area contributed by atoms with Gasteiger partial charge in [-0.2, -0.15) is 0 Å². The van der Waals surface area contributed by atoms with Crippen molar-refractivity contribution in [3.05, 3.63) is 0 Å². The monoisotopic (exact) mass is 228 g/mol. The van der Waals surface area contributed by atoms with E-state index in [1.807, 2.05) is 0 Å². The molecule has 0 fully saturated rings. The third-order valence-electron chi connectivity index (χ3n) is 3.17. The molecule has 0 bridgehead atoms. The largest absolute Gasteiger partial charge is 0.315 e. The van der Waals surface area contributed by atoms with E-state index in [4.69, 9.17) is 0 Å². The Bertz CT molecular complexity index is 126. The minimum absolute atomic E-state index is 1.14. The number of rotatable bonds is 12. The molecule has 0 aliphatic rings. The van der Waals surface area contributed by atoms with E-state index in [1.165, 1.54) is 58.0 Å². The number of hydrogen-bond donors (Lipinski definition) is 1. The van der Waals surface area contributed by atoms with Gasteiger partial charge >= 0.3 is 0 Å². The molecule has 0 saturated carbocycles. The SMILES string of the molecule is CCCCCCCCCNCCN(C)CC. The van der Waals surface area contributed by atoms with Crippen LogP contribution >= 0.6 is 0 Å².